The quantitative estimate of drug-likeness (QED) is 0.418. The van der Waals surface area contributed by atoms with Crippen molar-refractivity contribution in [2.24, 2.45) is 0 Å². The Kier molecular flexibility index (Phi) is 3.15. The van der Waals surface area contributed by atoms with E-state index < -0.39 is 5.91 Å². The molecule has 6 nitrogen and oxygen atoms in total. The SMILES string of the molecule is O=C(Nc1cc(O)ccc1O)c1cc(O)cc(O)c1. The highest BCUT2D eigenvalue weighted by molar-refractivity contribution is 6.05. The number of anilines is 1. The Balaban J connectivity index is 2.28. The maximum absolute atomic E-state index is 11.9. The van der Waals surface area contributed by atoms with Crippen LogP contribution in [0.5, 0.6) is 23.0 Å². The van der Waals surface area contributed by atoms with Crippen molar-refractivity contribution in [1.82, 2.24) is 0 Å². The highest BCUT2D eigenvalue weighted by Crippen LogP contribution is 2.28. The third kappa shape index (κ3) is 2.86. The van der Waals surface area contributed by atoms with Crippen molar-refractivity contribution in [2.75, 3.05) is 5.32 Å². The Labute approximate surface area is 108 Å². The van der Waals surface area contributed by atoms with Crippen LogP contribution in [0.3, 0.4) is 0 Å². The second-order valence-corrected chi connectivity index (χ2v) is 3.89. The fourth-order valence-corrected chi connectivity index (χ4v) is 1.54. The predicted octanol–water partition coefficient (Wildman–Crippen LogP) is 1.76. The minimum Gasteiger partial charge on any atom is -0.508 e. The molecule has 0 atom stereocenters. The average molecular weight is 261 g/mol. The summed E-state index contributed by atoms with van der Waals surface area (Å²) in [6.45, 7) is 0. The first kappa shape index (κ1) is 12.6. The van der Waals surface area contributed by atoms with E-state index in [-0.39, 0.29) is 34.2 Å². The van der Waals surface area contributed by atoms with E-state index in [4.69, 9.17) is 0 Å². The molecule has 2 rings (SSSR count). The van der Waals surface area contributed by atoms with Crippen LogP contribution in [0.25, 0.3) is 0 Å². The number of phenolic OH excluding ortho intramolecular Hbond substituents is 4. The first-order valence-electron chi connectivity index (χ1n) is 5.32. The van der Waals surface area contributed by atoms with Crippen molar-refractivity contribution in [3.63, 3.8) is 0 Å². The van der Waals surface area contributed by atoms with Crippen LogP contribution in [0.4, 0.5) is 5.69 Å². The topological polar surface area (TPSA) is 110 Å². The summed E-state index contributed by atoms with van der Waals surface area (Å²) >= 11 is 0. The van der Waals surface area contributed by atoms with Gasteiger partial charge in [-0.25, -0.2) is 0 Å². The maximum Gasteiger partial charge on any atom is 0.256 e. The van der Waals surface area contributed by atoms with Gasteiger partial charge in [0.15, 0.2) is 0 Å². The summed E-state index contributed by atoms with van der Waals surface area (Å²) in [4.78, 5) is 11.9. The van der Waals surface area contributed by atoms with Crippen molar-refractivity contribution < 1.29 is 25.2 Å². The third-order valence-corrected chi connectivity index (χ3v) is 2.39. The summed E-state index contributed by atoms with van der Waals surface area (Å²) in [5.74, 6) is -1.50. The van der Waals surface area contributed by atoms with Crippen LogP contribution in [0.2, 0.25) is 0 Å². The smallest absolute Gasteiger partial charge is 0.256 e. The van der Waals surface area contributed by atoms with Crippen molar-refractivity contribution in [1.29, 1.82) is 0 Å². The number of rotatable bonds is 2. The maximum atomic E-state index is 11.9. The molecule has 2 aromatic rings. The van der Waals surface area contributed by atoms with E-state index in [1.165, 1.54) is 18.2 Å². The predicted molar refractivity (Wildman–Crippen MR) is 67.5 cm³/mol. The van der Waals surface area contributed by atoms with Gasteiger partial charge in [-0.3, -0.25) is 4.79 Å². The van der Waals surface area contributed by atoms with Gasteiger partial charge in [0.25, 0.3) is 5.91 Å². The first-order valence-corrected chi connectivity index (χ1v) is 5.32. The Morgan fingerprint density at radius 1 is 0.842 bits per heavy atom. The van der Waals surface area contributed by atoms with E-state index in [0.717, 1.165) is 18.2 Å². The lowest BCUT2D eigenvalue weighted by Gasteiger charge is -2.08. The van der Waals surface area contributed by atoms with E-state index >= 15 is 0 Å². The third-order valence-electron chi connectivity index (χ3n) is 2.39. The summed E-state index contributed by atoms with van der Waals surface area (Å²) in [6, 6.07) is 7.08. The average Bonchev–Trinajstić information content (AvgIpc) is 2.32. The lowest BCUT2D eigenvalue weighted by molar-refractivity contribution is 0.102. The molecule has 0 fully saturated rings. The van der Waals surface area contributed by atoms with E-state index in [2.05, 4.69) is 5.32 Å². The number of amides is 1. The lowest BCUT2D eigenvalue weighted by atomic mass is 10.1. The van der Waals surface area contributed by atoms with Crippen LogP contribution >= 0.6 is 0 Å². The Morgan fingerprint density at radius 3 is 2.11 bits per heavy atom. The molecule has 0 aromatic heterocycles. The van der Waals surface area contributed by atoms with Gasteiger partial charge < -0.3 is 25.7 Å². The molecule has 1 amide bonds. The zero-order valence-electron chi connectivity index (χ0n) is 9.66. The van der Waals surface area contributed by atoms with E-state index in [0.29, 0.717) is 0 Å². The molecular weight excluding hydrogens is 250 g/mol. The number of hydrogen-bond acceptors (Lipinski definition) is 5. The van der Waals surface area contributed by atoms with Gasteiger partial charge >= 0.3 is 0 Å². The van der Waals surface area contributed by atoms with Gasteiger partial charge in [0.05, 0.1) is 5.69 Å². The fourth-order valence-electron chi connectivity index (χ4n) is 1.54. The summed E-state index contributed by atoms with van der Waals surface area (Å²) in [7, 11) is 0. The van der Waals surface area contributed by atoms with E-state index in [1.807, 2.05) is 0 Å². The standard InChI is InChI=1S/C13H11NO5/c15-8-1-2-12(18)11(6-8)14-13(19)7-3-9(16)5-10(17)4-7/h1-6,15-18H,(H,14,19). The van der Waals surface area contributed by atoms with Gasteiger partial charge in [-0.1, -0.05) is 0 Å². The van der Waals surface area contributed by atoms with Crippen molar-refractivity contribution >= 4 is 11.6 Å². The molecule has 0 heterocycles. The van der Waals surface area contributed by atoms with Crippen molar-refractivity contribution in [3.8, 4) is 23.0 Å². The number of aromatic hydroxyl groups is 4. The number of carbonyl (C=O) groups excluding carboxylic acids is 1. The van der Waals surface area contributed by atoms with Gasteiger partial charge in [-0.15, -0.1) is 0 Å². The molecule has 0 aliphatic carbocycles. The molecule has 0 aliphatic heterocycles. The summed E-state index contributed by atoms with van der Waals surface area (Å²) in [5, 5.41) is 39.7. The molecule has 0 aliphatic rings. The van der Waals surface area contributed by atoms with Crippen LogP contribution in [-0.4, -0.2) is 26.3 Å². The molecule has 98 valence electrons. The van der Waals surface area contributed by atoms with Crippen molar-refractivity contribution in [2.45, 2.75) is 0 Å². The molecule has 0 saturated heterocycles. The number of nitrogens with one attached hydrogen (secondary N) is 1. The van der Waals surface area contributed by atoms with Gasteiger partial charge in [0.1, 0.15) is 23.0 Å². The van der Waals surface area contributed by atoms with Gasteiger partial charge in [0.2, 0.25) is 0 Å². The molecule has 6 heteroatoms. The molecule has 5 N–H and O–H groups in total. The zero-order valence-corrected chi connectivity index (χ0v) is 9.66. The molecule has 0 spiro atoms. The number of carbonyl (C=O) groups is 1. The van der Waals surface area contributed by atoms with Gasteiger partial charge in [0, 0.05) is 17.7 Å². The van der Waals surface area contributed by atoms with Crippen LogP contribution in [0, 0.1) is 0 Å². The second-order valence-electron chi connectivity index (χ2n) is 3.89. The summed E-state index contributed by atoms with van der Waals surface area (Å²) in [5.41, 5.74) is 0.0353. The first-order chi connectivity index (χ1) is 8.95. The molecule has 2 aromatic carbocycles. The molecule has 0 radical (unpaired) electrons. The fraction of sp³-hybridized carbons (Fsp3) is 0. The van der Waals surface area contributed by atoms with E-state index in [9.17, 15) is 25.2 Å². The largest absolute Gasteiger partial charge is 0.508 e. The van der Waals surface area contributed by atoms with Crippen LogP contribution < -0.4 is 5.32 Å². The van der Waals surface area contributed by atoms with Crippen LogP contribution in [0.1, 0.15) is 10.4 Å². The minimum atomic E-state index is -0.646. The minimum absolute atomic E-state index is 0.0141. The zero-order chi connectivity index (χ0) is 14.0. The van der Waals surface area contributed by atoms with Gasteiger partial charge in [-0.2, -0.15) is 0 Å². The monoisotopic (exact) mass is 261 g/mol. The number of benzene rings is 2. The normalized spacial score (nSPS) is 10.1. The molecule has 0 saturated carbocycles. The lowest BCUT2D eigenvalue weighted by Crippen LogP contribution is -2.11. The van der Waals surface area contributed by atoms with Crippen LogP contribution in [0.15, 0.2) is 36.4 Å². The Morgan fingerprint density at radius 2 is 1.47 bits per heavy atom. The van der Waals surface area contributed by atoms with E-state index in [1.54, 1.807) is 0 Å². The molecule has 0 bridgehead atoms. The molecule has 19 heavy (non-hydrogen) atoms. The molecule has 0 unspecified atom stereocenters. The number of phenols is 4. The highest BCUT2D eigenvalue weighted by Gasteiger charge is 2.11. The summed E-state index contributed by atoms with van der Waals surface area (Å²) in [6.07, 6.45) is 0. The Hall–Kier alpha value is -2.89. The van der Waals surface area contributed by atoms with Crippen molar-refractivity contribution in [3.05, 3.63) is 42.0 Å². The Bertz CT molecular complexity index is 619. The number of hydrogen-bond donors (Lipinski definition) is 5. The van der Waals surface area contributed by atoms with Crippen LogP contribution in [-0.2, 0) is 0 Å². The summed E-state index contributed by atoms with van der Waals surface area (Å²) < 4.78 is 0. The second kappa shape index (κ2) is 4.77. The molecular formula is C13H11NO5. The van der Waals surface area contributed by atoms with Gasteiger partial charge in [-0.05, 0) is 24.3 Å². The highest BCUT2D eigenvalue weighted by atomic mass is 16.3.